The number of rotatable bonds is 15. The van der Waals surface area contributed by atoms with Crippen molar-refractivity contribution in [2.24, 2.45) is 5.92 Å². The highest BCUT2D eigenvalue weighted by molar-refractivity contribution is 6.60. The van der Waals surface area contributed by atoms with Crippen molar-refractivity contribution in [3.8, 4) is 0 Å². The molecule has 7 heteroatoms. The second kappa shape index (κ2) is 13.2. The molecule has 132 valence electrons. The van der Waals surface area contributed by atoms with Gasteiger partial charge in [-0.05, 0) is 33.6 Å². The van der Waals surface area contributed by atoms with Gasteiger partial charge in [-0.2, -0.15) is 0 Å². The van der Waals surface area contributed by atoms with Crippen molar-refractivity contribution in [2.45, 2.75) is 52.5 Å². The van der Waals surface area contributed by atoms with Crippen molar-refractivity contribution >= 4 is 14.6 Å². The molecule has 0 unspecified atom stereocenters. The van der Waals surface area contributed by atoms with E-state index in [0.717, 1.165) is 12.8 Å². The van der Waals surface area contributed by atoms with E-state index in [1.165, 1.54) is 0 Å². The van der Waals surface area contributed by atoms with E-state index >= 15 is 0 Å². The molecule has 0 aromatic heterocycles. The molecule has 0 rings (SSSR count). The van der Waals surface area contributed by atoms with Crippen molar-refractivity contribution in [3.05, 3.63) is 0 Å². The number of carbonyl (C=O) groups is 1. The van der Waals surface area contributed by atoms with Gasteiger partial charge in [-0.25, -0.2) is 0 Å². The van der Waals surface area contributed by atoms with E-state index in [2.05, 4.69) is 0 Å². The monoisotopic (exact) mass is 336 g/mol. The third kappa shape index (κ3) is 8.97. The minimum absolute atomic E-state index is 0.0737. The summed E-state index contributed by atoms with van der Waals surface area (Å²) in [5.41, 5.74) is 0. The van der Waals surface area contributed by atoms with Gasteiger partial charge in [-0.15, -0.1) is 0 Å². The molecular formula is C15H32O6Si. The van der Waals surface area contributed by atoms with Crippen LogP contribution in [0.25, 0.3) is 0 Å². The van der Waals surface area contributed by atoms with Crippen molar-refractivity contribution < 1.29 is 28.3 Å². The highest BCUT2D eigenvalue weighted by atomic mass is 28.4. The standard InChI is InChI=1S/C15H32O6Si/c1-4-19-22(20-5-2,21-6-3)10-8-7-9-15(18)11-14(12-16)13-17/h14,16-17H,4-13H2,1-3H3. The van der Waals surface area contributed by atoms with Gasteiger partial charge >= 0.3 is 8.80 Å². The molecule has 0 saturated heterocycles. The molecule has 0 aliphatic carbocycles. The lowest BCUT2D eigenvalue weighted by molar-refractivity contribution is -0.120. The normalized spacial score (nSPS) is 12.1. The Morgan fingerprint density at radius 3 is 1.86 bits per heavy atom. The second-order valence-electron chi connectivity index (χ2n) is 5.16. The highest BCUT2D eigenvalue weighted by Crippen LogP contribution is 2.20. The molecule has 0 amide bonds. The zero-order valence-electron chi connectivity index (χ0n) is 14.2. The van der Waals surface area contributed by atoms with Gasteiger partial charge < -0.3 is 23.5 Å². The fraction of sp³-hybridized carbons (Fsp3) is 0.933. The van der Waals surface area contributed by atoms with Gasteiger partial charge in [0.25, 0.3) is 0 Å². The molecule has 0 aliphatic rings. The average Bonchev–Trinajstić information content (AvgIpc) is 2.50. The third-order valence-corrected chi connectivity index (χ3v) is 6.47. The van der Waals surface area contributed by atoms with Gasteiger partial charge in [0.05, 0.1) is 0 Å². The summed E-state index contributed by atoms with van der Waals surface area (Å²) >= 11 is 0. The van der Waals surface area contributed by atoms with Crippen LogP contribution in [-0.4, -0.2) is 57.8 Å². The fourth-order valence-corrected chi connectivity index (χ4v) is 4.96. The highest BCUT2D eigenvalue weighted by Gasteiger charge is 2.39. The summed E-state index contributed by atoms with van der Waals surface area (Å²) in [7, 11) is -2.60. The molecule has 2 N–H and O–H groups in total. The molecule has 0 atom stereocenters. The van der Waals surface area contributed by atoms with Crippen LogP contribution in [0.1, 0.15) is 46.5 Å². The molecule has 22 heavy (non-hydrogen) atoms. The van der Waals surface area contributed by atoms with E-state index in [-0.39, 0.29) is 31.3 Å². The molecule has 0 saturated carbocycles. The molecule has 0 bridgehead atoms. The summed E-state index contributed by atoms with van der Waals surface area (Å²) in [4.78, 5) is 11.8. The summed E-state index contributed by atoms with van der Waals surface area (Å²) in [6.45, 7) is 7.13. The van der Waals surface area contributed by atoms with Gasteiger partial charge in [0.1, 0.15) is 5.78 Å². The lowest BCUT2D eigenvalue weighted by Gasteiger charge is -2.28. The Bertz CT molecular complexity index is 266. The van der Waals surface area contributed by atoms with Gasteiger partial charge in [-0.3, -0.25) is 4.79 Å². The summed E-state index contributed by atoms with van der Waals surface area (Å²) in [6, 6.07) is 0.708. The maximum absolute atomic E-state index is 11.8. The average molecular weight is 337 g/mol. The third-order valence-electron chi connectivity index (χ3n) is 3.31. The number of ketones is 1. The summed E-state index contributed by atoms with van der Waals surface area (Å²) in [6.07, 6.45) is 2.23. The predicted octanol–water partition coefficient (Wildman–Crippen LogP) is 1.77. The number of aliphatic hydroxyl groups excluding tert-OH is 2. The van der Waals surface area contributed by atoms with E-state index in [1.54, 1.807) is 0 Å². The van der Waals surface area contributed by atoms with E-state index < -0.39 is 8.80 Å². The molecule has 0 aromatic carbocycles. The zero-order valence-corrected chi connectivity index (χ0v) is 15.2. The van der Waals surface area contributed by atoms with Crippen LogP contribution in [0.15, 0.2) is 0 Å². The van der Waals surface area contributed by atoms with Crippen LogP contribution in [0, 0.1) is 5.92 Å². The minimum Gasteiger partial charge on any atom is -0.396 e. The van der Waals surface area contributed by atoms with E-state index in [9.17, 15) is 4.79 Å². The van der Waals surface area contributed by atoms with Crippen molar-refractivity contribution in [3.63, 3.8) is 0 Å². The maximum Gasteiger partial charge on any atom is 0.500 e. The van der Waals surface area contributed by atoms with Crippen LogP contribution in [0.5, 0.6) is 0 Å². The summed E-state index contributed by atoms with van der Waals surface area (Å²) in [5, 5.41) is 17.9. The molecule has 0 radical (unpaired) electrons. The first-order chi connectivity index (χ1) is 10.6. The Labute approximate surface area is 135 Å². The number of carbonyl (C=O) groups excluding carboxylic acids is 1. The molecular weight excluding hydrogens is 304 g/mol. The Morgan fingerprint density at radius 2 is 1.45 bits per heavy atom. The van der Waals surface area contributed by atoms with Crippen LogP contribution < -0.4 is 0 Å². The first-order valence-corrected chi connectivity index (χ1v) is 10.2. The number of hydrogen-bond acceptors (Lipinski definition) is 6. The van der Waals surface area contributed by atoms with Crippen LogP contribution in [0.4, 0.5) is 0 Å². The minimum atomic E-state index is -2.60. The van der Waals surface area contributed by atoms with Gasteiger partial charge in [0.2, 0.25) is 0 Å². The number of unbranched alkanes of at least 4 members (excludes halogenated alkanes) is 1. The lowest BCUT2D eigenvalue weighted by atomic mass is 10.0. The van der Waals surface area contributed by atoms with Gasteiger partial charge in [-0.1, -0.05) is 0 Å². The topological polar surface area (TPSA) is 85.2 Å². The quantitative estimate of drug-likeness (QED) is 0.350. The first-order valence-electron chi connectivity index (χ1n) is 8.22. The van der Waals surface area contributed by atoms with Crippen molar-refractivity contribution in [1.82, 2.24) is 0 Å². The Hall–Kier alpha value is -0.313. The van der Waals surface area contributed by atoms with Crippen LogP contribution in [-0.2, 0) is 18.1 Å². The maximum atomic E-state index is 11.8. The predicted molar refractivity (Wildman–Crippen MR) is 86.6 cm³/mol. The second-order valence-corrected chi connectivity index (χ2v) is 7.90. The van der Waals surface area contributed by atoms with Crippen LogP contribution >= 0.6 is 0 Å². The molecule has 0 spiro atoms. The molecule has 0 aromatic rings. The first kappa shape index (κ1) is 21.7. The molecule has 0 heterocycles. The van der Waals surface area contributed by atoms with Crippen LogP contribution in [0.3, 0.4) is 0 Å². The van der Waals surface area contributed by atoms with E-state index in [1.807, 2.05) is 20.8 Å². The Kier molecular flexibility index (Phi) is 13.0. The van der Waals surface area contributed by atoms with Crippen LogP contribution in [0.2, 0.25) is 6.04 Å². The van der Waals surface area contributed by atoms with Gasteiger partial charge in [0, 0.05) is 57.8 Å². The summed E-state index contributed by atoms with van der Waals surface area (Å²) in [5.74, 6) is -0.263. The van der Waals surface area contributed by atoms with Crippen molar-refractivity contribution in [2.75, 3.05) is 33.0 Å². The smallest absolute Gasteiger partial charge is 0.396 e. The lowest BCUT2D eigenvalue weighted by Crippen LogP contribution is -2.45. The molecule has 6 nitrogen and oxygen atoms in total. The number of Topliss-reactive ketones (excluding diaryl/α,β-unsaturated/α-hetero) is 1. The van der Waals surface area contributed by atoms with E-state index in [0.29, 0.717) is 32.3 Å². The number of hydrogen-bond donors (Lipinski definition) is 2. The molecule has 0 aliphatic heterocycles. The molecule has 0 fully saturated rings. The largest absolute Gasteiger partial charge is 0.500 e. The van der Waals surface area contributed by atoms with Gasteiger partial charge in [0.15, 0.2) is 0 Å². The SMILES string of the molecule is CCO[Si](CCCCC(=O)CC(CO)CO)(OCC)OCC. The Balaban J connectivity index is 4.18. The fourth-order valence-electron chi connectivity index (χ4n) is 2.28. The zero-order chi connectivity index (χ0) is 16.8. The Morgan fingerprint density at radius 1 is 0.955 bits per heavy atom. The summed E-state index contributed by atoms with van der Waals surface area (Å²) < 4.78 is 17.3. The van der Waals surface area contributed by atoms with E-state index in [4.69, 9.17) is 23.5 Å². The van der Waals surface area contributed by atoms with Crippen molar-refractivity contribution in [1.29, 1.82) is 0 Å². The number of aliphatic hydroxyl groups is 2.